The van der Waals surface area contributed by atoms with Crippen molar-refractivity contribution in [2.24, 2.45) is 0 Å². The first-order valence-corrected chi connectivity index (χ1v) is 3.03. The average molecular weight is 130 g/mol. The predicted octanol–water partition coefficient (Wildman–Crippen LogP) is 1.31. The standard InChI is InChI=1S/C7H14O2/c1-5-9-6(2)7(3,4)8/h8H,2,5H2,1,3-4H3. The van der Waals surface area contributed by atoms with Gasteiger partial charge in [0.15, 0.2) is 0 Å². The zero-order valence-electron chi connectivity index (χ0n) is 6.27. The van der Waals surface area contributed by atoms with Gasteiger partial charge in [0.05, 0.1) is 6.61 Å². The van der Waals surface area contributed by atoms with Crippen LogP contribution in [0.1, 0.15) is 20.8 Å². The fourth-order valence-electron chi connectivity index (χ4n) is 0.351. The number of aliphatic hydroxyl groups is 1. The Kier molecular flexibility index (Phi) is 2.71. The molecule has 2 nitrogen and oxygen atoms in total. The number of rotatable bonds is 3. The largest absolute Gasteiger partial charge is 0.496 e. The summed E-state index contributed by atoms with van der Waals surface area (Å²) in [4.78, 5) is 0. The summed E-state index contributed by atoms with van der Waals surface area (Å²) < 4.78 is 4.96. The topological polar surface area (TPSA) is 29.5 Å². The zero-order chi connectivity index (χ0) is 7.49. The molecule has 0 aromatic rings. The molecule has 0 saturated heterocycles. The Balaban J connectivity index is 3.74. The first-order chi connectivity index (χ1) is 3.98. The van der Waals surface area contributed by atoms with Gasteiger partial charge in [-0.2, -0.15) is 0 Å². The molecule has 1 N–H and O–H groups in total. The van der Waals surface area contributed by atoms with Gasteiger partial charge in [-0.1, -0.05) is 6.58 Å². The van der Waals surface area contributed by atoms with E-state index in [4.69, 9.17) is 4.74 Å². The molecule has 0 unspecified atom stereocenters. The summed E-state index contributed by atoms with van der Waals surface area (Å²) >= 11 is 0. The van der Waals surface area contributed by atoms with E-state index in [0.29, 0.717) is 12.4 Å². The molecule has 0 aliphatic rings. The first kappa shape index (κ1) is 8.50. The van der Waals surface area contributed by atoms with Gasteiger partial charge in [0.1, 0.15) is 11.4 Å². The van der Waals surface area contributed by atoms with Crippen molar-refractivity contribution in [2.45, 2.75) is 26.4 Å². The summed E-state index contributed by atoms with van der Waals surface area (Å²) in [6.45, 7) is 9.25. The van der Waals surface area contributed by atoms with E-state index in [2.05, 4.69) is 6.58 Å². The van der Waals surface area contributed by atoms with Crippen LogP contribution >= 0.6 is 0 Å². The molecule has 0 saturated carbocycles. The normalized spacial score (nSPS) is 11.1. The summed E-state index contributed by atoms with van der Waals surface area (Å²) in [5.41, 5.74) is -0.907. The van der Waals surface area contributed by atoms with Gasteiger partial charge in [-0.05, 0) is 20.8 Å². The Morgan fingerprint density at radius 1 is 1.67 bits per heavy atom. The lowest BCUT2D eigenvalue weighted by molar-refractivity contribution is 0.0437. The monoisotopic (exact) mass is 130 g/mol. The summed E-state index contributed by atoms with van der Waals surface area (Å²) in [6.07, 6.45) is 0. The van der Waals surface area contributed by atoms with Crippen molar-refractivity contribution in [3.8, 4) is 0 Å². The van der Waals surface area contributed by atoms with Crippen molar-refractivity contribution < 1.29 is 9.84 Å². The van der Waals surface area contributed by atoms with Crippen LogP contribution in [-0.2, 0) is 4.74 Å². The van der Waals surface area contributed by atoms with Crippen molar-refractivity contribution in [1.29, 1.82) is 0 Å². The molecule has 0 rings (SSSR count). The second kappa shape index (κ2) is 2.87. The van der Waals surface area contributed by atoms with Crippen LogP contribution in [0.3, 0.4) is 0 Å². The quantitative estimate of drug-likeness (QED) is 0.583. The van der Waals surface area contributed by atoms with Gasteiger partial charge in [-0.15, -0.1) is 0 Å². The van der Waals surface area contributed by atoms with E-state index < -0.39 is 5.60 Å². The minimum absolute atomic E-state index is 0.421. The highest BCUT2D eigenvalue weighted by Crippen LogP contribution is 2.13. The fourth-order valence-corrected chi connectivity index (χ4v) is 0.351. The van der Waals surface area contributed by atoms with Crippen LogP contribution in [0, 0.1) is 0 Å². The van der Waals surface area contributed by atoms with Crippen molar-refractivity contribution in [2.75, 3.05) is 6.61 Å². The van der Waals surface area contributed by atoms with E-state index in [0.717, 1.165) is 0 Å². The van der Waals surface area contributed by atoms with Crippen LogP contribution in [0.5, 0.6) is 0 Å². The van der Waals surface area contributed by atoms with Gasteiger partial charge in [0, 0.05) is 0 Å². The zero-order valence-corrected chi connectivity index (χ0v) is 6.27. The molecule has 0 aromatic heterocycles. The SMILES string of the molecule is C=C(OCC)C(C)(C)O. The lowest BCUT2D eigenvalue weighted by atomic mass is 10.1. The van der Waals surface area contributed by atoms with Crippen LogP contribution in [0.2, 0.25) is 0 Å². The Morgan fingerprint density at radius 2 is 2.11 bits per heavy atom. The van der Waals surface area contributed by atoms with Gasteiger partial charge in [-0.25, -0.2) is 0 Å². The van der Waals surface area contributed by atoms with E-state index in [1.165, 1.54) is 0 Å². The third-order valence-electron chi connectivity index (χ3n) is 1.00. The molecule has 0 aliphatic heterocycles. The predicted molar refractivity (Wildman–Crippen MR) is 37.1 cm³/mol. The summed E-state index contributed by atoms with van der Waals surface area (Å²) in [5.74, 6) is 0.421. The van der Waals surface area contributed by atoms with Crippen molar-refractivity contribution in [3.63, 3.8) is 0 Å². The number of ether oxygens (including phenoxy) is 1. The van der Waals surface area contributed by atoms with Crippen LogP contribution in [0.15, 0.2) is 12.3 Å². The molecule has 0 radical (unpaired) electrons. The lowest BCUT2D eigenvalue weighted by Crippen LogP contribution is -2.22. The summed E-state index contributed by atoms with van der Waals surface area (Å²) in [7, 11) is 0. The second-order valence-electron chi connectivity index (χ2n) is 2.42. The Morgan fingerprint density at radius 3 is 2.22 bits per heavy atom. The Labute approximate surface area is 56.1 Å². The molecule has 0 heterocycles. The maximum Gasteiger partial charge on any atom is 0.120 e. The highest BCUT2D eigenvalue weighted by molar-refractivity contribution is 4.99. The third-order valence-corrected chi connectivity index (χ3v) is 1.00. The molecule has 0 bridgehead atoms. The molecule has 9 heavy (non-hydrogen) atoms. The molecule has 0 spiro atoms. The van der Waals surface area contributed by atoms with Gasteiger partial charge >= 0.3 is 0 Å². The van der Waals surface area contributed by atoms with E-state index in [1.807, 2.05) is 6.92 Å². The van der Waals surface area contributed by atoms with Crippen molar-refractivity contribution >= 4 is 0 Å². The number of hydrogen-bond donors (Lipinski definition) is 1. The fraction of sp³-hybridized carbons (Fsp3) is 0.714. The molecular weight excluding hydrogens is 116 g/mol. The van der Waals surface area contributed by atoms with E-state index in [9.17, 15) is 5.11 Å². The van der Waals surface area contributed by atoms with Crippen LogP contribution in [0.4, 0.5) is 0 Å². The minimum atomic E-state index is -0.907. The molecule has 0 aliphatic carbocycles. The number of hydrogen-bond acceptors (Lipinski definition) is 2. The highest BCUT2D eigenvalue weighted by Gasteiger charge is 2.17. The molecular formula is C7H14O2. The Hall–Kier alpha value is -0.500. The molecule has 54 valence electrons. The summed E-state index contributed by atoms with van der Waals surface area (Å²) in [6, 6.07) is 0. The maximum absolute atomic E-state index is 9.19. The third kappa shape index (κ3) is 3.14. The maximum atomic E-state index is 9.19. The van der Waals surface area contributed by atoms with E-state index in [-0.39, 0.29) is 0 Å². The smallest absolute Gasteiger partial charge is 0.120 e. The van der Waals surface area contributed by atoms with Gasteiger partial charge < -0.3 is 9.84 Å². The molecule has 0 aromatic carbocycles. The van der Waals surface area contributed by atoms with Gasteiger partial charge in [0.25, 0.3) is 0 Å². The van der Waals surface area contributed by atoms with E-state index >= 15 is 0 Å². The van der Waals surface area contributed by atoms with Crippen LogP contribution in [0.25, 0.3) is 0 Å². The molecule has 2 heteroatoms. The van der Waals surface area contributed by atoms with Crippen LogP contribution in [-0.4, -0.2) is 17.3 Å². The highest BCUT2D eigenvalue weighted by atomic mass is 16.5. The van der Waals surface area contributed by atoms with Gasteiger partial charge in [0.2, 0.25) is 0 Å². The van der Waals surface area contributed by atoms with Crippen molar-refractivity contribution in [3.05, 3.63) is 12.3 Å². The molecule has 0 amide bonds. The van der Waals surface area contributed by atoms with Crippen molar-refractivity contribution in [1.82, 2.24) is 0 Å². The first-order valence-electron chi connectivity index (χ1n) is 3.03. The van der Waals surface area contributed by atoms with Gasteiger partial charge in [-0.3, -0.25) is 0 Å². The molecule has 0 fully saturated rings. The molecule has 0 atom stereocenters. The average Bonchev–Trinajstić information content (AvgIpc) is 1.64. The van der Waals surface area contributed by atoms with E-state index in [1.54, 1.807) is 13.8 Å². The minimum Gasteiger partial charge on any atom is -0.496 e. The second-order valence-corrected chi connectivity index (χ2v) is 2.42. The van der Waals surface area contributed by atoms with Crippen LogP contribution < -0.4 is 0 Å². The Bertz CT molecular complexity index is 100.0. The summed E-state index contributed by atoms with van der Waals surface area (Å²) in [5, 5.41) is 9.19. The lowest BCUT2D eigenvalue weighted by Gasteiger charge is -2.19.